The van der Waals surface area contributed by atoms with E-state index in [0.717, 1.165) is 38.4 Å². The number of quaternary nitrogens is 1. The molecule has 0 bridgehead atoms. The van der Waals surface area contributed by atoms with Crippen LogP contribution in [0.15, 0.2) is 30.3 Å². The standard InChI is InChI=1S/C16H21N3O3/c20-15-14(12-13-4-2-1-3-5-13)17-16(21)19(15)7-6-18-8-10-22-11-9-18/h1-5,14H,6-12H2,(H,17,21)/p+1/t14-/m1/s1. The molecule has 22 heavy (non-hydrogen) atoms. The van der Waals surface area contributed by atoms with E-state index in [-0.39, 0.29) is 11.9 Å². The van der Waals surface area contributed by atoms with Crippen LogP contribution in [0.5, 0.6) is 0 Å². The van der Waals surface area contributed by atoms with Crippen LogP contribution in [0, 0.1) is 0 Å². The van der Waals surface area contributed by atoms with Crippen molar-refractivity contribution in [1.29, 1.82) is 0 Å². The SMILES string of the molecule is O=C1N[C@H](Cc2ccccc2)C(=O)N1CC[NH+]1CCOCC1. The van der Waals surface area contributed by atoms with Crippen LogP contribution in [0.3, 0.4) is 0 Å². The molecule has 0 aliphatic carbocycles. The number of carbonyl (C=O) groups is 2. The lowest BCUT2D eigenvalue weighted by Crippen LogP contribution is -3.14. The number of carbonyl (C=O) groups excluding carboxylic acids is 2. The Labute approximate surface area is 130 Å². The molecule has 2 aliphatic heterocycles. The van der Waals surface area contributed by atoms with E-state index in [9.17, 15) is 9.59 Å². The first-order valence-electron chi connectivity index (χ1n) is 7.81. The number of morpholine rings is 1. The molecule has 2 N–H and O–H groups in total. The molecular weight excluding hydrogens is 282 g/mol. The van der Waals surface area contributed by atoms with Gasteiger partial charge in [-0.3, -0.25) is 9.69 Å². The lowest BCUT2D eigenvalue weighted by atomic mass is 10.1. The van der Waals surface area contributed by atoms with Crippen LogP contribution >= 0.6 is 0 Å². The first-order chi connectivity index (χ1) is 10.7. The minimum atomic E-state index is -0.436. The third-order valence-corrected chi connectivity index (χ3v) is 4.28. The zero-order valence-corrected chi connectivity index (χ0v) is 12.6. The Morgan fingerprint density at radius 2 is 1.91 bits per heavy atom. The van der Waals surface area contributed by atoms with Gasteiger partial charge in [0, 0.05) is 6.42 Å². The molecule has 1 aromatic rings. The summed E-state index contributed by atoms with van der Waals surface area (Å²) in [4.78, 5) is 27.2. The largest absolute Gasteiger partial charge is 0.370 e. The van der Waals surface area contributed by atoms with Crippen molar-refractivity contribution in [3.63, 3.8) is 0 Å². The third kappa shape index (κ3) is 3.45. The number of benzene rings is 1. The zero-order chi connectivity index (χ0) is 15.4. The minimum Gasteiger partial charge on any atom is -0.370 e. The Bertz CT molecular complexity index is 529. The Balaban J connectivity index is 1.54. The molecule has 0 radical (unpaired) electrons. The second-order valence-electron chi connectivity index (χ2n) is 5.79. The van der Waals surface area contributed by atoms with Crippen molar-refractivity contribution in [2.75, 3.05) is 39.4 Å². The Morgan fingerprint density at radius 3 is 2.64 bits per heavy atom. The fourth-order valence-electron chi connectivity index (χ4n) is 2.96. The number of amides is 3. The normalized spacial score (nSPS) is 22.9. The van der Waals surface area contributed by atoms with Crippen molar-refractivity contribution < 1.29 is 19.2 Å². The smallest absolute Gasteiger partial charge is 0.325 e. The zero-order valence-electron chi connectivity index (χ0n) is 12.6. The van der Waals surface area contributed by atoms with Crippen LogP contribution in [0.25, 0.3) is 0 Å². The van der Waals surface area contributed by atoms with Gasteiger partial charge >= 0.3 is 6.03 Å². The van der Waals surface area contributed by atoms with Gasteiger partial charge in [0.05, 0.1) is 26.3 Å². The van der Waals surface area contributed by atoms with Crippen LogP contribution in [-0.4, -0.2) is 62.3 Å². The summed E-state index contributed by atoms with van der Waals surface area (Å²) in [6.45, 7) is 4.66. The third-order valence-electron chi connectivity index (χ3n) is 4.28. The van der Waals surface area contributed by atoms with Crippen molar-refractivity contribution >= 4 is 11.9 Å². The number of hydrogen-bond donors (Lipinski definition) is 2. The second-order valence-corrected chi connectivity index (χ2v) is 5.79. The number of ether oxygens (including phenoxy) is 1. The van der Waals surface area contributed by atoms with Gasteiger partial charge in [0.2, 0.25) is 0 Å². The first kappa shape index (κ1) is 15.0. The summed E-state index contributed by atoms with van der Waals surface area (Å²) in [7, 11) is 0. The highest BCUT2D eigenvalue weighted by molar-refractivity contribution is 6.04. The summed E-state index contributed by atoms with van der Waals surface area (Å²) in [5.74, 6) is -0.110. The van der Waals surface area contributed by atoms with Crippen LogP contribution in [-0.2, 0) is 16.0 Å². The summed E-state index contributed by atoms with van der Waals surface area (Å²) >= 11 is 0. The maximum Gasteiger partial charge on any atom is 0.325 e. The molecule has 118 valence electrons. The maximum absolute atomic E-state index is 12.4. The molecule has 6 heteroatoms. The number of imide groups is 1. The van der Waals surface area contributed by atoms with E-state index in [0.29, 0.717) is 13.0 Å². The fourth-order valence-corrected chi connectivity index (χ4v) is 2.96. The highest BCUT2D eigenvalue weighted by Crippen LogP contribution is 2.11. The molecule has 2 saturated heterocycles. The predicted molar refractivity (Wildman–Crippen MR) is 80.6 cm³/mol. The molecule has 3 amide bonds. The van der Waals surface area contributed by atoms with Crippen molar-refractivity contribution in [3.05, 3.63) is 35.9 Å². The van der Waals surface area contributed by atoms with Gasteiger partial charge in [0.15, 0.2) is 0 Å². The molecule has 2 aliphatic rings. The molecule has 0 unspecified atom stereocenters. The quantitative estimate of drug-likeness (QED) is 0.691. The number of rotatable bonds is 5. The van der Waals surface area contributed by atoms with Crippen molar-refractivity contribution in [2.45, 2.75) is 12.5 Å². The molecular formula is C16H22N3O3+. The van der Waals surface area contributed by atoms with Crippen LogP contribution < -0.4 is 10.2 Å². The van der Waals surface area contributed by atoms with Gasteiger partial charge in [0.25, 0.3) is 5.91 Å². The molecule has 6 nitrogen and oxygen atoms in total. The first-order valence-corrected chi connectivity index (χ1v) is 7.81. The summed E-state index contributed by atoms with van der Waals surface area (Å²) in [5, 5.41) is 2.79. The van der Waals surface area contributed by atoms with Crippen molar-refractivity contribution in [3.8, 4) is 0 Å². The Morgan fingerprint density at radius 1 is 1.18 bits per heavy atom. The summed E-state index contributed by atoms with van der Waals surface area (Å²) in [6, 6.07) is 9.07. The van der Waals surface area contributed by atoms with Gasteiger partial charge < -0.3 is 15.0 Å². The van der Waals surface area contributed by atoms with Crippen LogP contribution in [0.1, 0.15) is 5.56 Å². The molecule has 0 spiro atoms. The second kappa shape index (κ2) is 6.89. The van der Waals surface area contributed by atoms with Crippen molar-refractivity contribution in [2.24, 2.45) is 0 Å². The molecule has 3 rings (SSSR count). The average Bonchev–Trinajstić information content (AvgIpc) is 2.81. The number of nitrogens with zero attached hydrogens (tertiary/aromatic N) is 1. The van der Waals surface area contributed by atoms with Crippen LogP contribution in [0.2, 0.25) is 0 Å². The number of urea groups is 1. The number of hydrogen-bond acceptors (Lipinski definition) is 3. The van der Waals surface area contributed by atoms with Crippen molar-refractivity contribution in [1.82, 2.24) is 10.2 Å². The lowest BCUT2D eigenvalue weighted by Gasteiger charge is -2.25. The Kier molecular flexibility index (Phi) is 4.70. The molecule has 0 aromatic heterocycles. The van der Waals surface area contributed by atoms with Gasteiger partial charge in [-0.15, -0.1) is 0 Å². The van der Waals surface area contributed by atoms with E-state index in [1.54, 1.807) is 0 Å². The van der Waals surface area contributed by atoms with E-state index in [4.69, 9.17) is 4.74 Å². The monoisotopic (exact) mass is 304 g/mol. The van der Waals surface area contributed by atoms with Crippen LogP contribution in [0.4, 0.5) is 4.79 Å². The Hall–Kier alpha value is -1.92. The van der Waals surface area contributed by atoms with E-state index >= 15 is 0 Å². The molecule has 0 saturated carbocycles. The van der Waals surface area contributed by atoms with Gasteiger partial charge in [-0.2, -0.15) is 0 Å². The van der Waals surface area contributed by atoms with E-state index < -0.39 is 6.04 Å². The highest BCUT2D eigenvalue weighted by Gasteiger charge is 2.38. The predicted octanol–water partition coefficient (Wildman–Crippen LogP) is -0.935. The fraction of sp³-hybridized carbons (Fsp3) is 0.500. The molecule has 2 fully saturated rings. The highest BCUT2D eigenvalue weighted by atomic mass is 16.5. The maximum atomic E-state index is 12.4. The summed E-state index contributed by atoms with van der Waals surface area (Å²) < 4.78 is 5.32. The van der Waals surface area contributed by atoms with Gasteiger partial charge in [0.1, 0.15) is 19.1 Å². The van der Waals surface area contributed by atoms with Gasteiger partial charge in [-0.1, -0.05) is 30.3 Å². The van der Waals surface area contributed by atoms with E-state index in [1.807, 2.05) is 30.3 Å². The molecule has 1 atom stereocenters. The van der Waals surface area contributed by atoms with Gasteiger partial charge in [-0.05, 0) is 5.56 Å². The molecule has 1 aromatic carbocycles. The summed E-state index contributed by atoms with van der Waals surface area (Å²) in [6.07, 6.45) is 0.548. The van der Waals surface area contributed by atoms with Gasteiger partial charge in [-0.25, -0.2) is 4.79 Å². The lowest BCUT2D eigenvalue weighted by molar-refractivity contribution is -0.907. The topological polar surface area (TPSA) is 63.1 Å². The number of nitrogens with one attached hydrogen (secondary N) is 2. The van der Waals surface area contributed by atoms with E-state index in [2.05, 4.69) is 5.32 Å². The average molecular weight is 304 g/mol. The van der Waals surface area contributed by atoms with E-state index in [1.165, 1.54) is 9.80 Å². The summed E-state index contributed by atoms with van der Waals surface area (Å²) in [5.41, 5.74) is 1.06. The minimum absolute atomic E-state index is 0.110. The molecule has 2 heterocycles.